The largest absolute Gasteiger partial charge is 0.493 e. The van der Waals surface area contributed by atoms with Crippen molar-refractivity contribution in [2.45, 2.75) is 18.9 Å². The molecule has 7 heteroatoms. The van der Waals surface area contributed by atoms with Gasteiger partial charge in [0.1, 0.15) is 5.70 Å². The first kappa shape index (κ1) is 15.6. The van der Waals surface area contributed by atoms with E-state index in [1.165, 1.54) is 0 Å². The highest BCUT2D eigenvalue weighted by molar-refractivity contribution is 7.80. The van der Waals surface area contributed by atoms with Crippen LogP contribution in [-0.4, -0.2) is 43.3 Å². The van der Waals surface area contributed by atoms with Gasteiger partial charge in [0.15, 0.2) is 16.6 Å². The molecule has 2 fully saturated rings. The van der Waals surface area contributed by atoms with E-state index in [0.29, 0.717) is 33.6 Å². The predicted molar refractivity (Wildman–Crippen MR) is 89.7 cm³/mol. The highest BCUT2D eigenvalue weighted by atomic mass is 32.1. The van der Waals surface area contributed by atoms with E-state index in [4.69, 9.17) is 26.4 Å². The molecular formula is C16H18N2O4S. The lowest BCUT2D eigenvalue weighted by atomic mass is 10.1. The summed E-state index contributed by atoms with van der Waals surface area (Å²) in [7, 11) is 4.65. The summed E-state index contributed by atoms with van der Waals surface area (Å²) in [5.41, 5.74) is 1.15. The zero-order chi connectivity index (χ0) is 16.6. The Morgan fingerprint density at radius 2 is 1.87 bits per heavy atom. The molecule has 1 N–H and O–H groups in total. The molecule has 1 aromatic rings. The number of methoxy groups -OCH3 is 3. The Labute approximate surface area is 140 Å². The molecule has 1 saturated carbocycles. The normalized spacial score (nSPS) is 19.1. The van der Waals surface area contributed by atoms with Crippen LogP contribution in [0.25, 0.3) is 6.08 Å². The number of amides is 1. The molecule has 0 atom stereocenters. The van der Waals surface area contributed by atoms with Gasteiger partial charge in [-0.1, -0.05) is 0 Å². The van der Waals surface area contributed by atoms with E-state index in [9.17, 15) is 4.79 Å². The van der Waals surface area contributed by atoms with Gasteiger partial charge < -0.3 is 19.5 Å². The van der Waals surface area contributed by atoms with E-state index in [-0.39, 0.29) is 11.9 Å². The maximum Gasteiger partial charge on any atom is 0.276 e. The van der Waals surface area contributed by atoms with Crippen LogP contribution in [0.2, 0.25) is 0 Å². The second-order valence-electron chi connectivity index (χ2n) is 5.32. The van der Waals surface area contributed by atoms with Crippen LogP contribution in [0.15, 0.2) is 17.8 Å². The highest BCUT2D eigenvalue weighted by Gasteiger charge is 2.41. The number of thiocarbonyl (C=S) groups is 1. The average Bonchev–Trinajstić information content (AvgIpc) is 3.34. The molecule has 0 aromatic heterocycles. The van der Waals surface area contributed by atoms with E-state index < -0.39 is 0 Å². The zero-order valence-electron chi connectivity index (χ0n) is 13.2. The first-order valence-corrected chi connectivity index (χ1v) is 7.66. The van der Waals surface area contributed by atoms with Crippen LogP contribution in [-0.2, 0) is 4.79 Å². The first-order chi connectivity index (χ1) is 11.1. The fraction of sp³-hybridized carbons (Fsp3) is 0.375. The molecule has 1 aliphatic heterocycles. The van der Waals surface area contributed by atoms with E-state index >= 15 is 0 Å². The molecule has 0 bridgehead atoms. The van der Waals surface area contributed by atoms with Crippen LogP contribution < -0.4 is 19.5 Å². The molecule has 1 amide bonds. The molecule has 0 unspecified atom stereocenters. The minimum Gasteiger partial charge on any atom is -0.493 e. The molecule has 6 nitrogen and oxygen atoms in total. The number of ether oxygens (including phenoxy) is 3. The van der Waals surface area contributed by atoms with Crippen molar-refractivity contribution < 1.29 is 19.0 Å². The molecule has 1 aliphatic carbocycles. The van der Waals surface area contributed by atoms with E-state index in [1.807, 2.05) is 6.07 Å². The third kappa shape index (κ3) is 2.72. The van der Waals surface area contributed by atoms with Crippen LogP contribution >= 0.6 is 12.2 Å². The monoisotopic (exact) mass is 334 g/mol. The second kappa shape index (κ2) is 6.08. The van der Waals surface area contributed by atoms with E-state index in [2.05, 4.69) is 5.32 Å². The van der Waals surface area contributed by atoms with Gasteiger partial charge in [-0.3, -0.25) is 9.69 Å². The molecule has 2 aliphatic rings. The molecule has 0 spiro atoms. The van der Waals surface area contributed by atoms with E-state index in [0.717, 1.165) is 12.8 Å². The Morgan fingerprint density at radius 3 is 2.43 bits per heavy atom. The number of carbonyl (C=O) groups excluding carboxylic acids is 1. The molecule has 1 heterocycles. The topological polar surface area (TPSA) is 60.0 Å². The quantitative estimate of drug-likeness (QED) is 0.656. The lowest BCUT2D eigenvalue weighted by Gasteiger charge is -2.14. The summed E-state index contributed by atoms with van der Waals surface area (Å²) in [5.74, 6) is 1.45. The SMILES string of the molecule is COc1ccc(/C=C2/NC(=S)N(C3CC3)C2=O)c(OC)c1OC. The van der Waals surface area contributed by atoms with Crippen LogP contribution in [0.4, 0.5) is 0 Å². The lowest BCUT2D eigenvalue weighted by Crippen LogP contribution is -2.32. The number of carbonyl (C=O) groups is 1. The van der Waals surface area contributed by atoms with Gasteiger partial charge in [0.25, 0.3) is 5.91 Å². The van der Waals surface area contributed by atoms with Crippen molar-refractivity contribution in [3.63, 3.8) is 0 Å². The summed E-state index contributed by atoms with van der Waals surface area (Å²) in [5, 5.41) is 3.44. The maximum absolute atomic E-state index is 12.5. The molecule has 1 saturated heterocycles. The summed E-state index contributed by atoms with van der Waals surface area (Å²) < 4.78 is 16.1. The van der Waals surface area contributed by atoms with Gasteiger partial charge in [0, 0.05) is 11.6 Å². The van der Waals surface area contributed by atoms with Crippen molar-refractivity contribution >= 4 is 29.3 Å². The average molecular weight is 334 g/mol. The summed E-state index contributed by atoms with van der Waals surface area (Å²) in [6, 6.07) is 3.82. The standard InChI is InChI=1S/C16H18N2O4S/c1-20-12-7-4-9(13(21-2)14(12)22-3)8-11-15(19)18(10-5-6-10)16(23)17-11/h4,7-8,10H,5-6H2,1-3H3,(H,17,23)/b11-8+. The predicted octanol–water partition coefficient (Wildman–Crippen LogP) is 1.93. The molecule has 0 radical (unpaired) electrons. The molecule has 23 heavy (non-hydrogen) atoms. The van der Waals surface area contributed by atoms with Gasteiger partial charge in [-0.05, 0) is 43.3 Å². The summed E-state index contributed by atoms with van der Waals surface area (Å²) in [4.78, 5) is 14.1. The van der Waals surface area contributed by atoms with Gasteiger partial charge in [-0.2, -0.15) is 0 Å². The fourth-order valence-electron chi connectivity index (χ4n) is 2.61. The highest BCUT2D eigenvalue weighted by Crippen LogP contribution is 2.41. The van der Waals surface area contributed by atoms with Crippen LogP contribution in [0.5, 0.6) is 17.2 Å². The minimum absolute atomic E-state index is 0.102. The maximum atomic E-state index is 12.5. The Bertz CT molecular complexity index is 698. The van der Waals surface area contributed by atoms with Crippen molar-refractivity contribution in [1.82, 2.24) is 10.2 Å². The summed E-state index contributed by atoms with van der Waals surface area (Å²) in [6.07, 6.45) is 3.72. The zero-order valence-corrected chi connectivity index (χ0v) is 14.0. The van der Waals surface area contributed by atoms with Crippen molar-refractivity contribution in [3.8, 4) is 17.2 Å². The van der Waals surface area contributed by atoms with Crippen LogP contribution in [0.1, 0.15) is 18.4 Å². The number of rotatable bonds is 5. The smallest absolute Gasteiger partial charge is 0.276 e. The Balaban J connectivity index is 1.99. The van der Waals surface area contributed by atoms with Gasteiger partial charge in [-0.15, -0.1) is 0 Å². The number of nitrogens with one attached hydrogen (secondary N) is 1. The van der Waals surface area contributed by atoms with Gasteiger partial charge in [0.05, 0.1) is 21.3 Å². The molecular weight excluding hydrogens is 316 g/mol. The number of hydrogen-bond acceptors (Lipinski definition) is 5. The van der Waals surface area contributed by atoms with Crippen molar-refractivity contribution in [1.29, 1.82) is 0 Å². The van der Waals surface area contributed by atoms with Crippen molar-refractivity contribution in [3.05, 3.63) is 23.4 Å². The van der Waals surface area contributed by atoms with Gasteiger partial charge in [-0.25, -0.2) is 0 Å². The van der Waals surface area contributed by atoms with Crippen LogP contribution in [0, 0.1) is 0 Å². The van der Waals surface area contributed by atoms with Gasteiger partial charge in [0.2, 0.25) is 5.75 Å². The Morgan fingerprint density at radius 1 is 1.17 bits per heavy atom. The second-order valence-corrected chi connectivity index (χ2v) is 5.70. The third-order valence-electron chi connectivity index (χ3n) is 3.86. The van der Waals surface area contributed by atoms with Crippen molar-refractivity contribution in [2.75, 3.05) is 21.3 Å². The van der Waals surface area contributed by atoms with Gasteiger partial charge >= 0.3 is 0 Å². The number of benzene rings is 1. The first-order valence-electron chi connectivity index (χ1n) is 7.26. The molecule has 122 valence electrons. The molecule has 1 aromatic carbocycles. The fourth-order valence-corrected chi connectivity index (χ4v) is 2.95. The summed E-state index contributed by atoms with van der Waals surface area (Å²) >= 11 is 5.25. The lowest BCUT2D eigenvalue weighted by molar-refractivity contribution is -0.122. The number of hydrogen-bond donors (Lipinski definition) is 1. The minimum atomic E-state index is -0.102. The Kier molecular flexibility index (Phi) is 4.12. The van der Waals surface area contributed by atoms with Crippen LogP contribution in [0.3, 0.4) is 0 Å². The van der Waals surface area contributed by atoms with E-state index in [1.54, 1.807) is 38.4 Å². The van der Waals surface area contributed by atoms with Crippen molar-refractivity contribution in [2.24, 2.45) is 0 Å². The molecule has 3 rings (SSSR count). The third-order valence-corrected chi connectivity index (χ3v) is 4.15. The number of nitrogens with zero attached hydrogens (tertiary/aromatic N) is 1. The summed E-state index contributed by atoms with van der Waals surface area (Å²) in [6.45, 7) is 0. The Hall–Kier alpha value is -2.28.